The van der Waals surface area contributed by atoms with Crippen LogP contribution in [0.3, 0.4) is 0 Å². The number of rotatable bonds is 5. The molecule has 2 N–H and O–H groups in total. The summed E-state index contributed by atoms with van der Waals surface area (Å²) in [6, 6.07) is 15.4. The van der Waals surface area contributed by atoms with E-state index < -0.39 is 0 Å². The number of anilines is 1. The minimum atomic E-state index is -0.235. The van der Waals surface area contributed by atoms with Crippen LogP contribution in [0.1, 0.15) is 30.1 Å². The van der Waals surface area contributed by atoms with E-state index in [0.717, 1.165) is 37.3 Å². The molecule has 2 heterocycles. The lowest BCUT2D eigenvalue weighted by Gasteiger charge is -2.22. The third kappa shape index (κ3) is 4.55. The molecular weight excluding hydrogens is 302 g/mol. The van der Waals surface area contributed by atoms with Gasteiger partial charge in [-0.05, 0) is 43.4 Å². The van der Waals surface area contributed by atoms with Crippen molar-refractivity contribution in [1.29, 1.82) is 0 Å². The summed E-state index contributed by atoms with van der Waals surface area (Å²) in [4.78, 5) is 16.7. The Kier molecular flexibility index (Phi) is 5.43. The molecule has 0 aliphatic carbocycles. The van der Waals surface area contributed by atoms with Crippen LogP contribution in [-0.2, 0) is 4.74 Å². The van der Waals surface area contributed by atoms with Crippen molar-refractivity contribution in [2.75, 3.05) is 18.5 Å². The van der Waals surface area contributed by atoms with E-state index in [-0.39, 0.29) is 12.1 Å². The molecule has 1 aliphatic heterocycles. The highest BCUT2D eigenvalue weighted by molar-refractivity contribution is 5.88. The van der Waals surface area contributed by atoms with Gasteiger partial charge in [0.1, 0.15) is 5.82 Å². The number of aryl methyl sites for hydroxylation is 1. The molecule has 2 amide bonds. The Morgan fingerprint density at radius 3 is 2.79 bits per heavy atom. The average molecular weight is 325 g/mol. The number of carbonyl (C=O) groups is 1. The maximum absolute atomic E-state index is 12.4. The molecule has 1 aliphatic rings. The molecule has 5 nitrogen and oxygen atoms in total. The molecule has 0 saturated carbocycles. The molecular formula is C19H23N3O2. The van der Waals surface area contributed by atoms with Crippen LogP contribution in [0.15, 0.2) is 48.5 Å². The Balaban J connectivity index is 1.67. The summed E-state index contributed by atoms with van der Waals surface area (Å²) in [5.41, 5.74) is 1.98. The number of hydrogen-bond acceptors (Lipinski definition) is 3. The fourth-order valence-electron chi connectivity index (χ4n) is 2.99. The first kappa shape index (κ1) is 16.5. The highest BCUT2D eigenvalue weighted by Gasteiger charge is 2.23. The molecule has 1 saturated heterocycles. The van der Waals surface area contributed by atoms with Gasteiger partial charge in [-0.2, -0.15) is 0 Å². The minimum Gasteiger partial charge on any atom is -0.381 e. The van der Waals surface area contributed by atoms with Crippen molar-refractivity contribution in [3.63, 3.8) is 0 Å². The lowest BCUT2D eigenvalue weighted by molar-refractivity contribution is 0.181. The van der Waals surface area contributed by atoms with E-state index >= 15 is 0 Å². The predicted octanol–water partition coefficient (Wildman–Crippen LogP) is 3.68. The second-order valence-electron chi connectivity index (χ2n) is 6.19. The van der Waals surface area contributed by atoms with Gasteiger partial charge in [-0.25, -0.2) is 9.78 Å². The SMILES string of the molecule is Cc1cccc(NC(=O)N[C@@H](C[C@@H]2CCOC2)c2ccccc2)n1. The van der Waals surface area contributed by atoms with Crippen molar-refractivity contribution in [2.24, 2.45) is 5.92 Å². The number of nitrogens with zero attached hydrogens (tertiary/aromatic N) is 1. The largest absolute Gasteiger partial charge is 0.381 e. The number of carbonyl (C=O) groups excluding carboxylic acids is 1. The van der Waals surface area contributed by atoms with Gasteiger partial charge < -0.3 is 10.1 Å². The van der Waals surface area contributed by atoms with E-state index in [0.29, 0.717) is 11.7 Å². The molecule has 2 atom stereocenters. The minimum absolute atomic E-state index is 0.0392. The smallest absolute Gasteiger partial charge is 0.320 e. The monoisotopic (exact) mass is 325 g/mol. The van der Waals surface area contributed by atoms with Crippen LogP contribution in [0, 0.1) is 12.8 Å². The topological polar surface area (TPSA) is 63.2 Å². The zero-order chi connectivity index (χ0) is 16.8. The van der Waals surface area contributed by atoms with Crippen LogP contribution < -0.4 is 10.6 Å². The summed E-state index contributed by atoms with van der Waals surface area (Å²) >= 11 is 0. The van der Waals surface area contributed by atoms with Gasteiger partial charge in [0.05, 0.1) is 6.04 Å². The molecule has 24 heavy (non-hydrogen) atoms. The zero-order valence-electron chi connectivity index (χ0n) is 13.9. The van der Waals surface area contributed by atoms with Crippen molar-refractivity contribution in [3.8, 4) is 0 Å². The van der Waals surface area contributed by atoms with Crippen LogP contribution in [0.2, 0.25) is 0 Å². The van der Waals surface area contributed by atoms with Crippen molar-refractivity contribution in [2.45, 2.75) is 25.8 Å². The van der Waals surface area contributed by atoms with E-state index in [2.05, 4.69) is 15.6 Å². The molecule has 0 spiro atoms. The molecule has 5 heteroatoms. The Morgan fingerprint density at radius 2 is 2.08 bits per heavy atom. The van der Waals surface area contributed by atoms with Crippen LogP contribution in [0.4, 0.5) is 10.6 Å². The fraction of sp³-hybridized carbons (Fsp3) is 0.368. The zero-order valence-corrected chi connectivity index (χ0v) is 13.9. The summed E-state index contributed by atoms with van der Waals surface area (Å²) < 4.78 is 5.47. The van der Waals surface area contributed by atoms with Gasteiger partial charge in [-0.1, -0.05) is 36.4 Å². The van der Waals surface area contributed by atoms with Crippen molar-refractivity contribution < 1.29 is 9.53 Å². The Morgan fingerprint density at radius 1 is 1.25 bits per heavy atom. The number of hydrogen-bond donors (Lipinski definition) is 2. The number of urea groups is 1. The number of pyridine rings is 1. The van der Waals surface area contributed by atoms with Gasteiger partial charge in [0.2, 0.25) is 0 Å². The first-order valence-corrected chi connectivity index (χ1v) is 8.34. The van der Waals surface area contributed by atoms with Gasteiger partial charge in [0.15, 0.2) is 0 Å². The fourth-order valence-corrected chi connectivity index (χ4v) is 2.99. The van der Waals surface area contributed by atoms with E-state index in [4.69, 9.17) is 4.74 Å². The summed E-state index contributed by atoms with van der Waals surface area (Å²) in [6.45, 7) is 3.48. The van der Waals surface area contributed by atoms with E-state index in [9.17, 15) is 4.79 Å². The van der Waals surface area contributed by atoms with Crippen molar-refractivity contribution in [1.82, 2.24) is 10.3 Å². The summed E-state index contributed by atoms with van der Waals surface area (Å²) in [5.74, 6) is 1.04. The number of nitrogens with one attached hydrogen (secondary N) is 2. The van der Waals surface area contributed by atoms with Crippen molar-refractivity contribution in [3.05, 3.63) is 59.8 Å². The van der Waals surface area contributed by atoms with E-state index in [1.165, 1.54) is 0 Å². The lowest BCUT2D eigenvalue weighted by atomic mass is 9.94. The Bertz CT molecular complexity index is 669. The van der Waals surface area contributed by atoms with Crippen LogP contribution in [0.25, 0.3) is 0 Å². The molecule has 3 rings (SSSR count). The standard InChI is InChI=1S/C19H23N3O2/c1-14-6-5-9-18(20-14)22-19(23)21-17(12-15-10-11-24-13-15)16-7-3-2-4-8-16/h2-9,15,17H,10-13H2,1H3,(H2,20,21,22,23)/t15-,17-/m0/s1. The second-order valence-corrected chi connectivity index (χ2v) is 6.19. The molecule has 0 bridgehead atoms. The van der Waals surface area contributed by atoms with Gasteiger partial charge in [0, 0.05) is 18.9 Å². The van der Waals surface area contributed by atoms with Gasteiger partial charge >= 0.3 is 6.03 Å². The van der Waals surface area contributed by atoms with Crippen LogP contribution in [0.5, 0.6) is 0 Å². The van der Waals surface area contributed by atoms with Crippen molar-refractivity contribution >= 4 is 11.8 Å². The first-order chi connectivity index (χ1) is 11.7. The summed E-state index contributed by atoms with van der Waals surface area (Å²) in [7, 11) is 0. The average Bonchev–Trinajstić information content (AvgIpc) is 3.08. The quantitative estimate of drug-likeness (QED) is 0.881. The molecule has 0 unspecified atom stereocenters. The van der Waals surface area contributed by atoms with Gasteiger partial charge in [-0.3, -0.25) is 5.32 Å². The Labute approximate surface area is 142 Å². The number of ether oxygens (including phenoxy) is 1. The lowest BCUT2D eigenvalue weighted by Crippen LogP contribution is -2.34. The third-order valence-corrected chi connectivity index (χ3v) is 4.23. The van der Waals surface area contributed by atoms with Gasteiger partial charge in [0.25, 0.3) is 0 Å². The molecule has 1 fully saturated rings. The van der Waals surface area contributed by atoms with E-state index in [1.54, 1.807) is 6.07 Å². The van der Waals surface area contributed by atoms with Crippen LogP contribution >= 0.6 is 0 Å². The number of aromatic nitrogens is 1. The highest BCUT2D eigenvalue weighted by Crippen LogP contribution is 2.26. The van der Waals surface area contributed by atoms with Gasteiger partial charge in [-0.15, -0.1) is 0 Å². The Hall–Kier alpha value is -2.40. The molecule has 2 aromatic rings. The third-order valence-electron chi connectivity index (χ3n) is 4.23. The van der Waals surface area contributed by atoms with E-state index in [1.807, 2.05) is 49.4 Å². The predicted molar refractivity (Wildman–Crippen MR) is 93.9 cm³/mol. The second kappa shape index (κ2) is 7.93. The highest BCUT2D eigenvalue weighted by atomic mass is 16.5. The molecule has 1 aromatic heterocycles. The first-order valence-electron chi connectivity index (χ1n) is 8.34. The number of benzene rings is 1. The molecule has 0 radical (unpaired) electrons. The maximum Gasteiger partial charge on any atom is 0.320 e. The molecule has 126 valence electrons. The number of amides is 2. The summed E-state index contributed by atoms with van der Waals surface area (Å²) in [6.07, 6.45) is 1.92. The maximum atomic E-state index is 12.4. The molecule has 1 aromatic carbocycles. The normalized spacial score (nSPS) is 18.1. The van der Waals surface area contributed by atoms with Crippen LogP contribution in [-0.4, -0.2) is 24.2 Å². The summed E-state index contributed by atoms with van der Waals surface area (Å²) in [5, 5.41) is 5.90.